The zero-order valence-electron chi connectivity index (χ0n) is 15.5. The summed E-state index contributed by atoms with van der Waals surface area (Å²) in [5.41, 5.74) is 2.52. The van der Waals surface area contributed by atoms with E-state index in [9.17, 15) is 8.78 Å². The molecule has 0 saturated carbocycles. The van der Waals surface area contributed by atoms with Crippen LogP contribution in [0.15, 0.2) is 68.5 Å². The molecule has 0 aliphatic carbocycles. The maximum absolute atomic E-state index is 12.4. The minimum absolute atomic E-state index is 0.105. The Balaban J connectivity index is 1.97. The number of benzene rings is 2. The van der Waals surface area contributed by atoms with Crippen molar-refractivity contribution in [3.8, 4) is 17.0 Å². The Bertz CT molecular complexity index is 1030. The molecular formula is C20H18BrF2N3O2S. The fourth-order valence-corrected chi connectivity index (χ4v) is 3.75. The zero-order valence-corrected chi connectivity index (χ0v) is 17.9. The smallest absolute Gasteiger partial charge is 0.387 e. The maximum Gasteiger partial charge on any atom is 0.387 e. The van der Waals surface area contributed by atoms with Gasteiger partial charge in [-0.1, -0.05) is 28.1 Å². The molecule has 1 heterocycles. The Kier molecular flexibility index (Phi) is 7.68. The fraction of sp³-hybridized carbons (Fsp3) is 0.200. The first kappa shape index (κ1) is 21.4. The van der Waals surface area contributed by atoms with Crippen molar-refractivity contribution in [3.63, 3.8) is 0 Å². The number of rotatable bonds is 8. The van der Waals surface area contributed by atoms with Crippen LogP contribution in [0.4, 0.5) is 8.78 Å². The van der Waals surface area contributed by atoms with Gasteiger partial charge in [0.2, 0.25) is 4.80 Å². The standard InChI is InChI=1S/C20H18BrF2N3O2S/c1-27-10-9-24-20-26(25-12-14-3-2-4-16(21)11-14)18(13-29-20)15-5-7-17(8-6-15)28-19(22)23/h2-8,11-13,19H,9-10H2,1H3/b24-20?,25-12-. The van der Waals surface area contributed by atoms with E-state index in [0.29, 0.717) is 18.0 Å². The molecule has 1 aromatic heterocycles. The minimum atomic E-state index is -2.85. The Morgan fingerprint density at radius 2 is 2.00 bits per heavy atom. The van der Waals surface area contributed by atoms with Crippen LogP contribution < -0.4 is 9.54 Å². The van der Waals surface area contributed by atoms with Gasteiger partial charge in [-0.2, -0.15) is 13.9 Å². The average molecular weight is 482 g/mol. The van der Waals surface area contributed by atoms with Crippen LogP contribution >= 0.6 is 27.3 Å². The molecule has 0 amide bonds. The number of ether oxygens (including phenoxy) is 2. The second-order valence-corrected chi connectivity index (χ2v) is 7.54. The quantitative estimate of drug-likeness (QED) is 0.335. The predicted molar refractivity (Wildman–Crippen MR) is 114 cm³/mol. The molecule has 3 aromatic rings. The van der Waals surface area contributed by atoms with Crippen molar-refractivity contribution in [3.05, 3.63) is 68.7 Å². The highest BCUT2D eigenvalue weighted by atomic mass is 79.9. The molecule has 0 aliphatic rings. The van der Waals surface area contributed by atoms with Crippen molar-refractivity contribution < 1.29 is 18.3 Å². The first-order valence-electron chi connectivity index (χ1n) is 8.62. The Morgan fingerprint density at radius 3 is 2.69 bits per heavy atom. The lowest BCUT2D eigenvalue weighted by Gasteiger charge is -2.07. The van der Waals surface area contributed by atoms with Crippen LogP contribution in [-0.4, -0.2) is 37.8 Å². The highest BCUT2D eigenvalue weighted by Gasteiger charge is 2.09. The predicted octanol–water partition coefficient (Wildman–Crippen LogP) is 5.01. The molecule has 0 bridgehead atoms. The van der Waals surface area contributed by atoms with Crippen LogP contribution in [-0.2, 0) is 4.74 Å². The molecule has 152 valence electrons. The van der Waals surface area contributed by atoms with E-state index in [1.807, 2.05) is 29.6 Å². The molecule has 29 heavy (non-hydrogen) atoms. The van der Waals surface area contributed by atoms with Crippen molar-refractivity contribution in [1.29, 1.82) is 0 Å². The first-order chi connectivity index (χ1) is 14.1. The van der Waals surface area contributed by atoms with Crippen molar-refractivity contribution in [1.82, 2.24) is 4.68 Å². The molecule has 3 rings (SSSR count). The average Bonchev–Trinajstić information content (AvgIpc) is 3.09. The van der Waals surface area contributed by atoms with Crippen LogP contribution in [0.25, 0.3) is 11.3 Å². The van der Waals surface area contributed by atoms with Gasteiger partial charge in [0.05, 0.1) is 25.1 Å². The zero-order chi connectivity index (χ0) is 20.6. The normalized spacial score (nSPS) is 12.2. The molecule has 0 saturated heterocycles. The summed E-state index contributed by atoms with van der Waals surface area (Å²) in [6.45, 7) is -1.85. The Morgan fingerprint density at radius 1 is 1.21 bits per heavy atom. The van der Waals surface area contributed by atoms with E-state index < -0.39 is 6.61 Å². The van der Waals surface area contributed by atoms with Crippen LogP contribution in [0.1, 0.15) is 5.56 Å². The van der Waals surface area contributed by atoms with Gasteiger partial charge in [0.1, 0.15) is 5.75 Å². The van der Waals surface area contributed by atoms with Crippen LogP contribution in [0.2, 0.25) is 0 Å². The summed E-state index contributed by atoms with van der Waals surface area (Å²) >= 11 is 4.89. The summed E-state index contributed by atoms with van der Waals surface area (Å²) in [7, 11) is 1.62. The summed E-state index contributed by atoms with van der Waals surface area (Å²) in [6.07, 6.45) is 1.74. The number of thiazole rings is 1. The van der Waals surface area contributed by atoms with Crippen LogP contribution in [0.3, 0.4) is 0 Å². The van der Waals surface area contributed by atoms with Gasteiger partial charge < -0.3 is 9.47 Å². The number of methoxy groups -OCH3 is 1. The Hall–Kier alpha value is -2.36. The SMILES string of the molecule is COCCN=c1scc(-c2ccc(OC(F)F)cc2)n1/N=C\c1cccc(Br)c1. The summed E-state index contributed by atoms with van der Waals surface area (Å²) in [5, 5.41) is 6.52. The van der Waals surface area contributed by atoms with Gasteiger partial charge in [0.25, 0.3) is 0 Å². The number of aromatic nitrogens is 1. The lowest BCUT2D eigenvalue weighted by molar-refractivity contribution is -0.0498. The van der Waals surface area contributed by atoms with E-state index in [-0.39, 0.29) is 5.75 Å². The van der Waals surface area contributed by atoms with Gasteiger partial charge in [-0.25, -0.2) is 4.68 Å². The number of alkyl halides is 2. The monoisotopic (exact) mass is 481 g/mol. The number of nitrogens with zero attached hydrogens (tertiary/aromatic N) is 3. The van der Waals surface area contributed by atoms with Crippen molar-refractivity contribution >= 4 is 33.5 Å². The van der Waals surface area contributed by atoms with E-state index in [2.05, 4.69) is 30.8 Å². The molecular weight excluding hydrogens is 464 g/mol. The molecule has 0 spiro atoms. The number of hydrogen-bond donors (Lipinski definition) is 0. The van der Waals surface area contributed by atoms with E-state index in [0.717, 1.165) is 21.3 Å². The fourth-order valence-electron chi connectivity index (χ4n) is 2.47. The van der Waals surface area contributed by atoms with Crippen molar-refractivity contribution in [2.24, 2.45) is 10.1 Å². The summed E-state index contributed by atoms with van der Waals surface area (Å²) < 4.78 is 36.9. The molecule has 0 unspecified atom stereocenters. The summed E-state index contributed by atoms with van der Waals surface area (Å²) in [5.74, 6) is 0.105. The van der Waals surface area contributed by atoms with Gasteiger partial charge in [0.15, 0.2) is 0 Å². The van der Waals surface area contributed by atoms with E-state index >= 15 is 0 Å². The molecule has 2 aromatic carbocycles. The van der Waals surface area contributed by atoms with Crippen LogP contribution in [0, 0.1) is 0 Å². The third kappa shape index (κ3) is 6.06. The van der Waals surface area contributed by atoms with E-state index in [1.54, 1.807) is 30.1 Å². The van der Waals surface area contributed by atoms with Crippen molar-refractivity contribution in [2.45, 2.75) is 6.61 Å². The maximum atomic E-state index is 12.4. The van der Waals surface area contributed by atoms with Gasteiger partial charge in [-0.05, 0) is 42.0 Å². The van der Waals surface area contributed by atoms with Crippen LogP contribution in [0.5, 0.6) is 5.75 Å². The largest absolute Gasteiger partial charge is 0.435 e. The first-order valence-corrected chi connectivity index (χ1v) is 10.3. The Labute approximate surface area is 179 Å². The number of hydrogen-bond acceptors (Lipinski definition) is 5. The molecule has 0 N–H and O–H groups in total. The molecule has 0 atom stereocenters. The topological polar surface area (TPSA) is 48.1 Å². The minimum Gasteiger partial charge on any atom is -0.435 e. The van der Waals surface area contributed by atoms with E-state index in [1.165, 1.54) is 23.5 Å². The van der Waals surface area contributed by atoms with Gasteiger partial charge >= 0.3 is 6.61 Å². The summed E-state index contributed by atoms with van der Waals surface area (Å²) in [4.78, 5) is 5.24. The second kappa shape index (κ2) is 10.4. The lowest BCUT2D eigenvalue weighted by atomic mass is 10.2. The highest BCUT2D eigenvalue weighted by molar-refractivity contribution is 9.10. The third-order valence-electron chi connectivity index (χ3n) is 3.77. The van der Waals surface area contributed by atoms with Gasteiger partial charge in [0, 0.05) is 22.5 Å². The lowest BCUT2D eigenvalue weighted by Crippen LogP contribution is -2.13. The molecule has 0 radical (unpaired) electrons. The molecule has 0 aliphatic heterocycles. The second-order valence-electron chi connectivity index (χ2n) is 5.79. The van der Waals surface area contributed by atoms with Gasteiger partial charge in [-0.15, -0.1) is 11.3 Å². The molecule has 5 nitrogen and oxygen atoms in total. The van der Waals surface area contributed by atoms with Crippen molar-refractivity contribution in [2.75, 3.05) is 20.3 Å². The highest BCUT2D eigenvalue weighted by Crippen LogP contribution is 2.24. The third-order valence-corrected chi connectivity index (χ3v) is 5.12. The van der Waals surface area contributed by atoms with Gasteiger partial charge in [-0.3, -0.25) is 4.99 Å². The summed E-state index contributed by atoms with van der Waals surface area (Å²) in [6, 6.07) is 14.2. The molecule has 0 fully saturated rings. The number of halogens is 3. The van der Waals surface area contributed by atoms with E-state index in [4.69, 9.17) is 4.74 Å². The molecule has 9 heteroatoms.